The zero-order valence-corrected chi connectivity index (χ0v) is 10.4. The van der Waals surface area contributed by atoms with Gasteiger partial charge >= 0.3 is 0 Å². The van der Waals surface area contributed by atoms with E-state index in [9.17, 15) is 4.79 Å². The molecule has 0 aliphatic heterocycles. The van der Waals surface area contributed by atoms with Crippen molar-refractivity contribution in [2.75, 3.05) is 0 Å². The highest BCUT2D eigenvalue weighted by molar-refractivity contribution is 6.07. The molecule has 0 radical (unpaired) electrons. The van der Waals surface area contributed by atoms with Gasteiger partial charge in [-0.1, -0.05) is 12.1 Å². The van der Waals surface area contributed by atoms with Gasteiger partial charge in [-0.15, -0.1) is 0 Å². The number of amidine groups is 1. The molecule has 0 bridgehead atoms. The summed E-state index contributed by atoms with van der Waals surface area (Å²) in [6.45, 7) is 4.10. The average molecular weight is 239 g/mol. The molecule has 4 N–H and O–H groups in total. The molecule has 1 unspecified atom stereocenters. The Morgan fingerprint density at radius 3 is 2.53 bits per heavy atom. The van der Waals surface area contributed by atoms with Crippen LogP contribution in [0.4, 0.5) is 0 Å². The predicted molar refractivity (Wildman–Crippen MR) is 64.6 cm³/mol. The molecule has 0 aromatic carbocycles. The van der Waals surface area contributed by atoms with Gasteiger partial charge in [-0.3, -0.25) is 4.79 Å². The molecular weight excluding hydrogens is 218 g/mol. The lowest BCUT2D eigenvalue weighted by Gasteiger charge is -2.44. The number of amides is 1. The Hall–Kier alpha value is -1.26. The number of rotatable bonds is 4. The summed E-state index contributed by atoms with van der Waals surface area (Å²) in [5.41, 5.74) is 4.92. The van der Waals surface area contributed by atoms with Crippen molar-refractivity contribution in [1.29, 1.82) is 0 Å². The van der Waals surface area contributed by atoms with Crippen molar-refractivity contribution in [1.82, 2.24) is 5.32 Å². The third-order valence-corrected chi connectivity index (χ3v) is 4.11. The van der Waals surface area contributed by atoms with Crippen LogP contribution < -0.4 is 11.1 Å². The first-order chi connectivity index (χ1) is 7.99. The van der Waals surface area contributed by atoms with Crippen molar-refractivity contribution < 1.29 is 10.0 Å². The van der Waals surface area contributed by atoms with Crippen LogP contribution in [0, 0.1) is 17.3 Å². The Morgan fingerprint density at radius 1 is 1.53 bits per heavy atom. The lowest BCUT2D eigenvalue weighted by atomic mass is 9.61. The van der Waals surface area contributed by atoms with Crippen LogP contribution in [-0.2, 0) is 4.79 Å². The maximum atomic E-state index is 12.3. The van der Waals surface area contributed by atoms with Crippen molar-refractivity contribution in [3.63, 3.8) is 0 Å². The van der Waals surface area contributed by atoms with Gasteiger partial charge in [0.2, 0.25) is 5.91 Å². The van der Waals surface area contributed by atoms with Crippen LogP contribution in [0.2, 0.25) is 0 Å². The maximum absolute atomic E-state index is 12.3. The number of carbonyl (C=O) groups excluding carboxylic acids is 1. The first kappa shape index (κ1) is 12.2. The summed E-state index contributed by atoms with van der Waals surface area (Å²) in [6, 6.07) is 0.196. The van der Waals surface area contributed by atoms with Crippen LogP contribution in [0.25, 0.3) is 0 Å². The second kappa shape index (κ2) is 4.20. The fourth-order valence-corrected chi connectivity index (χ4v) is 2.80. The highest BCUT2D eigenvalue weighted by atomic mass is 16.4. The second-order valence-corrected chi connectivity index (χ2v) is 5.68. The molecule has 17 heavy (non-hydrogen) atoms. The zero-order valence-electron chi connectivity index (χ0n) is 10.4. The molecule has 2 rings (SSSR count). The Bertz CT molecular complexity index is 344. The van der Waals surface area contributed by atoms with Crippen molar-refractivity contribution in [3.05, 3.63) is 0 Å². The Morgan fingerprint density at radius 2 is 2.12 bits per heavy atom. The third kappa shape index (κ3) is 2.10. The number of oxime groups is 1. The van der Waals surface area contributed by atoms with E-state index in [4.69, 9.17) is 10.9 Å². The first-order valence-electron chi connectivity index (χ1n) is 6.28. The summed E-state index contributed by atoms with van der Waals surface area (Å²) in [5.74, 6) is 1.04. The first-order valence-corrected chi connectivity index (χ1v) is 6.28. The highest BCUT2D eigenvalue weighted by Gasteiger charge is 2.52. The smallest absolute Gasteiger partial charge is 0.234 e. The lowest BCUT2D eigenvalue weighted by molar-refractivity contribution is -0.133. The Labute approximate surface area is 101 Å². The van der Waals surface area contributed by atoms with Gasteiger partial charge in [-0.05, 0) is 44.4 Å². The van der Waals surface area contributed by atoms with Crippen molar-refractivity contribution in [2.45, 2.75) is 45.6 Å². The van der Waals surface area contributed by atoms with Crippen LogP contribution in [0.1, 0.15) is 39.5 Å². The van der Waals surface area contributed by atoms with E-state index in [1.807, 2.05) is 6.92 Å². The summed E-state index contributed by atoms with van der Waals surface area (Å²) < 4.78 is 0. The normalized spacial score (nSPS) is 34.9. The van der Waals surface area contributed by atoms with Crippen LogP contribution in [0.15, 0.2) is 5.16 Å². The van der Waals surface area contributed by atoms with Gasteiger partial charge in [0.25, 0.3) is 0 Å². The van der Waals surface area contributed by atoms with Crippen LogP contribution in [0.3, 0.4) is 0 Å². The van der Waals surface area contributed by atoms with E-state index in [0.29, 0.717) is 24.7 Å². The van der Waals surface area contributed by atoms with Gasteiger partial charge in [0.05, 0.1) is 0 Å². The fourth-order valence-electron chi connectivity index (χ4n) is 2.80. The van der Waals surface area contributed by atoms with Crippen LogP contribution >= 0.6 is 0 Å². The summed E-state index contributed by atoms with van der Waals surface area (Å²) in [5, 5.41) is 14.9. The summed E-state index contributed by atoms with van der Waals surface area (Å²) >= 11 is 0. The number of nitrogens with zero attached hydrogens (tertiary/aromatic N) is 1. The molecular formula is C12H21N3O2. The molecule has 96 valence electrons. The van der Waals surface area contributed by atoms with Crippen molar-refractivity contribution in [2.24, 2.45) is 28.1 Å². The zero-order chi connectivity index (χ0) is 12.6. The Kier molecular flexibility index (Phi) is 3.02. The van der Waals surface area contributed by atoms with Gasteiger partial charge in [0.1, 0.15) is 5.41 Å². The number of nitrogens with one attached hydrogen (secondary N) is 1. The molecule has 5 heteroatoms. The van der Waals surface area contributed by atoms with E-state index >= 15 is 0 Å². The van der Waals surface area contributed by atoms with Gasteiger partial charge in [0, 0.05) is 6.04 Å². The van der Waals surface area contributed by atoms with Gasteiger partial charge < -0.3 is 16.3 Å². The van der Waals surface area contributed by atoms with E-state index in [1.54, 1.807) is 0 Å². The Balaban J connectivity index is 2.03. The minimum atomic E-state index is -0.767. The standard InChI is InChI=1S/C12H21N3O2/c1-7-5-12(6-7,10(13)15-17)11(16)14-8(2)9-3-4-9/h7-9,17H,3-6H2,1-2H3,(H2,13,15)(H,14,16). The fraction of sp³-hybridized carbons (Fsp3) is 0.833. The molecule has 2 aliphatic carbocycles. The monoisotopic (exact) mass is 239 g/mol. The molecule has 5 nitrogen and oxygen atoms in total. The van der Waals surface area contributed by atoms with Gasteiger partial charge in [0.15, 0.2) is 5.84 Å². The third-order valence-electron chi connectivity index (χ3n) is 4.11. The largest absolute Gasteiger partial charge is 0.409 e. The molecule has 1 atom stereocenters. The highest BCUT2D eigenvalue weighted by Crippen LogP contribution is 2.46. The molecule has 0 saturated heterocycles. The maximum Gasteiger partial charge on any atom is 0.234 e. The molecule has 0 heterocycles. The quantitative estimate of drug-likeness (QED) is 0.297. The number of hydrogen-bond donors (Lipinski definition) is 3. The topological polar surface area (TPSA) is 87.7 Å². The van der Waals surface area contributed by atoms with Crippen molar-refractivity contribution >= 4 is 11.7 Å². The van der Waals surface area contributed by atoms with Gasteiger partial charge in [-0.25, -0.2) is 0 Å². The molecule has 0 aromatic rings. The average Bonchev–Trinajstić information content (AvgIpc) is 3.06. The number of nitrogens with two attached hydrogens (primary N) is 1. The van der Waals surface area contributed by atoms with E-state index in [1.165, 1.54) is 12.8 Å². The van der Waals surface area contributed by atoms with E-state index < -0.39 is 5.41 Å². The number of carbonyl (C=O) groups is 1. The molecule has 1 amide bonds. The summed E-state index contributed by atoms with van der Waals surface area (Å²) in [7, 11) is 0. The molecule has 2 saturated carbocycles. The van der Waals surface area contributed by atoms with E-state index in [2.05, 4.69) is 17.4 Å². The van der Waals surface area contributed by atoms with E-state index in [0.717, 1.165) is 0 Å². The van der Waals surface area contributed by atoms with Crippen LogP contribution in [-0.4, -0.2) is 23.0 Å². The lowest BCUT2D eigenvalue weighted by Crippen LogP contribution is -2.58. The molecule has 0 spiro atoms. The van der Waals surface area contributed by atoms with E-state index in [-0.39, 0.29) is 17.8 Å². The number of hydrogen-bond acceptors (Lipinski definition) is 3. The molecule has 2 aliphatic rings. The molecule has 0 aromatic heterocycles. The predicted octanol–water partition coefficient (Wildman–Crippen LogP) is 1.06. The van der Waals surface area contributed by atoms with Gasteiger partial charge in [-0.2, -0.15) is 0 Å². The minimum absolute atomic E-state index is 0.0519. The minimum Gasteiger partial charge on any atom is -0.409 e. The van der Waals surface area contributed by atoms with Crippen LogP contribution in [0.5, 0.6) is 0 Å². The summed E-state index contributed by atoms with van der Waals surface area (Å²) in [6.07, 6.45) is 3.72. The molecule has 2 fully saturated rings. The second-order valence-electron chi connectivity index (χ2n) is 5.68. The van der Waals surface area contributed by atoms with Crippen molar-refractivity contribution in [3.8, 4) is 0 Å². The summed E-state index contributed by atoms with van der Waals surface area (Å²) in [4.78, 5) is 12.3. The SMILES string of the molecule is CC1CC(C(=O)NC(C)C2CC2)(C(N)=NO)C1.